The molecule has 0 aromatic heterocycles. The Morgan fingerprint density at radius 3 is 1.17 bits per heavy atom. The smallest absolute Gasteiger partial charge is 0.433 e. The van der Waals surface area contributed by atoms with Gasteiger partial charge in [0, 0.05) is 37.4 Å². The number of nitro benzene ring substituents is 2. The SMILES string of the molecule is O=C(OCCNP(=O)(Oc1ccccc1)Oc1ccc([N+](=O)[O-])cc1)OCCNP(=O)(Oc1ccccc1)Oc1ccc([N+](=O)[O-])cc1. The molecule has 0 amide bonds. The van der Waals surface area contributed by atoms with Crippen molar-refractivity contribution < 1.29 is 51.3 Å². The fourth-order valence-electron chi connectivity index (χ4n) is 3.62. The number of non-ortho nitro benzene ring substituents is 2. The summed E-state index contributed by atoms with van der Waals surface area (Å²) >= 11 is 0. The van der Waals surface area contributed by atoms with Crippen LogP contribution in [0.15, 0.2) is 109 Å². The van der Waals surface area contributed by atoms with Gasteiger partial charge in [-0.05, 0) is 48.5 Å². The number of hydrogen-bond acceptors (Lipinski definition) is 13. The Morgan fingerprint density at radius 2 is 0.854 bits per heavy atom. The van der Waals surface area contributed by atoms with Crippen molar-refractivity contribution in [2.24, 2.45) is 0 Å². The van der Waals surface area contributed by atoms with Gasteiger partial charge in [-0.1, -0.05) is 36.4 Å². The number of ether oxygens (including phenoxy) is 2. The van der Waals surface area contributed by atoms with Gasteiger partial charge >= 0.3 is 21.6 Å². The molecule has 4 rings (SSSR count). The third-order valence-electron chi connectivity index (χ3n) is 5.74. The summed E-state index contributed by atoms with van der Waals surface area (Å²) in [5, 5.41) is 27.0. The fourth-order valence-corrected chi connectivity index (χ4v) is 6.28. The number of benzene rings is 4. The second-order valence-corrected chi connectivity index (χ2v) is 12.6. The van der Waals surface area contributed by atoms with Crippen LogP contribution in [0.3, 0.4) is 0 Å². The van der Waals surface area contributed by atoms with Crippen LogP contribution in [-0.4, -0.2) is 42.3 Å². The summed E-state index contributed by atoms with van der Waals surface area (Å²) in [5.74, 6) is 0.445. The predicted molar refractivity (Wildman–Crippen MR) is 170 cm³/mol. The van der Waals surface area contributed by atoms with Crippen molar-refractivity contribution in [1.29, 1.82) is 0 Å². The number of carbonyl (C=O) groups excluding carboxylic acids is 1. The zero-order valence-electron chi connectivity index (χ0n) is 24.8. The average molecular weight is 703 g/mol. The molecule has 0 spiro atoms. The number of hydrogen-bond donors (Lipinski definition) is 2. The van der Waals surface area contributed by atoms with E-state index >= 15 is 0 Å². The maximum atomic E-state index is 13.5. The zero-order chi connectivity index (χ0) is 34.4. The van der Waals surface area contributed by atoms with E-state index in [1.807, 2.05) is 0 Å². The summed E-state index contributed by atoms with van der Waals surface area (Å²) in [6.45, 7) is -1.10. The number of nitro groups is 2. The maximum absolute atomic E-state index is 13.5. The molecule has 0 aliphatic carbocycles. The van der Waals surface area contributed by atoms with Gasteiger partial charge in [-0.15, -0.1) is 0 Å². The molecular formula is C29H28N4O13P2. The lowest BCUT2D eigenvalue weighted by Gasteiger charge is -2.20. The highest BCUT2D eigenvalue weighted by Gasteiger charge is 2.30. The Labute approximate surface area is 273 Å². The Morgan fingerprint density at radius 1 is 0.542 bits per heavy atom. The maximum Gasteiger partial charge on any atom is 0.513 e. The average Bonchev–Trinajstić information content (AvgIpc) is 3.06. The van der Waals surface area contributed by atoms with Crippen molar-refractivity contribution in [2.75, 3.05) is 26.3 Å². The molecule has 0 radical (unpaired) electrons. The van der Waals surface area contributed by atoms with Crippen LogP contribution < -0.4 is 28.3 Å². The van der Waals surface area contributed by atoms with Gasteiger partial charge in [0.1, 0.15) is 36.2 Å². The quantitative estimate of drug-likeness (QED) is 0.0364. The molecule has 4 aromatic carbocycles. The zero-order valence-corrected chi connectivity index (χ0v) is 26.6. The third kappa shape index (κ3) is 11.4. The van der Waals surface area contributed by atoms with Gasteiger partial charge in [0.2, 0.25) is 0 Å². The van der Waals surface area contributed by atoms with Gasteiger partial charge in [-0.25, -0.2) is 13.9 Å². The molecule has 2 unspecified atom stereocenters. The molecule has 2 N–H and O–H groups in total. The molecule has 48 heavy (non-hydrogen) atoms. The molecule has 252 valence electrons. The Balaban J connectivity index is 1.27. The van der Waals surface area contributed by atoms with Gasteiger partial charge in [0.05, 0.1) is 9.85 Å². The fraction of sp³-hybridized carbons (Fsp3) is 0.138. The number of nitrogens with zero attached hydrogens (tertiary/aromatic N) is 2. The van der Waals surface area contributed by atoms with Gasteiger partial charge < -0.3 is 27.6 Å². The van der Waals surface area contributed by atoms with Crippen LogP contribution in [0.4, 0.5) is 16.2 Å². The Bertz CT molecular complexity index is 1630. The normalized spacial score (nSPS) is 13.2. The molecule has 2 atom stereocenters. The second-order valence-electron chi connectivity index (χ2n) is 9.25. The first-order chi connectivity index (χ1) is 23.0. The minimum atomic E-state index is -4.13. The van der Waals surface area contributed by atoms with E-state index in [1.165, 1.54) is 72.8 Å². The standard InChI is InChI=1S/C29H28N4O13P2/c34-29(41-21-19-30-47(39,43-25-7-3-1-4-8-25)45-27-15-11-23(12-16-27)32(35)36)42-22-20-31-48(40,44-26-9-5-2-6-10-26)46-28-17-13-24(14-18-28)33(37)38/h1-18H,19-22H2,(H,30,39)(H,31,40). The second kappa shape index (κ2) is 16.9. The lowest BCUT2D eigenvalue weighted by molar-refractivity contribution is -0.385. The summed E-state index contributed by atoms with van der Waals surface area (Å²) in [6, 6.07) is 25.9. The lowest BCUT2D eigenvalue weighted by atomic mass is 10.3. The molecule has 17 nitrogen and oxygen atoms in total. The molecule has 0 bridgehead atoms. The van der Waals surface area contributed by atoms with E-state index < -0.39 is 31.5 Å². The van der Waals surface area contributed by atoms with Crippen molar-refractivity contribution in [3.8, 4) is 23.0 Å². The first kappa shape index (κ1) is 35.4. The molecule has 0 fully saturated rings. The first-order valence-corrected chi connectivity index (χ1v) is 17.0. The molecule has 0 heterocycles. The van der Waals surface area contributed by atoms with Crippen molar-refractivity contribution >= 4 is 33.0 Å². The van der Waals surface area contributed by atoms with Gasteiger partial charge in [0.25, 0.3) is 11.4 Å². The van der Waals surface area contributed by atoms with Crippen LogP contribution in [0.1, 0.15) is 0 Å². The van der Waals surface area contributed by atoms with E-state index in [0.717, 1.165) is 0 Å². The Hall–Kier alpha value is -5.47. The van der Waals surface area contributed by atoms with Crippen LogP contribution in [0.25, 0.3) is 0 Å². The van der Waals surface area contributed by atoms with Crippen LogP contribution in [0.2, 0.25) is 0 Å². The predicted octanol–water partition coefficient (Wildman–Crippen LogP) is 6.67. The van der Waals surface area contributed by atoms with Crippen LogP contribution in [0, 0.1) is 20.2 Å². The molecule has 0 aliphatic rings. The van der Waals surface area contributed by atoms with Crippen LogP contribution in [0.5, 0.6) is 23.0 Å². The number of carbonyl (C=O) groups is 1. The number of para-hydroxylation sites is 2. The van der Waals surface area contributed by atoms with E-state index in [1.54, 1.807) is 36.4 Å². The summed E-state index contributed by atoms with van der Waals surface area (Å²) in [7, 11) is -8.25. The van der Waals surface area contributed by atoms with Crippen molar-refractivity contribution in [3.63, 3.8) is 0 Å². The summed E-state index contributed by atoms with van der Waals surface area (Å²) in [4.78, 5) is 32.8. The molecule has 0 saturated heterocycles. The highest BCUT2D eigenvalue weighted by molar-refractivity contribution is 7.52. The highest BCUT2D eigenvalue weighted by atomic mass is 31.2. The first-order valence-electron chi connectivity index (χ1n) is 13.9. The van der Waals surface area contributed by atoms with Gasteiger partial charge in [0.15, 0.2) is 0 Å². The molecule has 0 saturated carbocycles. The minimum Gasteiger partial charge on any atom is -0.433 e. The topological polar surface area (TPSA) is 217 Å². The van der Waals surface area contributed by atoms with Crippen molar-refractivity contribution in [3.05, 3.63) is 129 Å². The summed E-state index contributed by atoms with van der Waals surface area (Å²) in [6.07, 6.45) is -1.11. The van der Waals surface area contributed by atoms with E-state index in [4.69, 9.17) is 27.6 Å². The van der Waals surface area contributed by atoms with E-state index in [0.29, 0.717) is 0 Å². The minimum absolute atomic E-state index is 0.0197. The molecule has 4 aromatic rings. The van der Waals surface area contributed by atoms with E-state index in [9.17, 15) is 34.2 Å². The largest absolute Gasteiger partial charge is 0.513 e. The molecular weight excluding hydrogens is 674 g/mol. The monoisotopic (exact) mass is 702 g/mol. The van der Waals surface area contributed by atoms with Gasteiger partial charge in [-0.3, -0.25) is 20.2 Å². The summed E-state index contributed by atoms with van der Waals surface area (Å²) < 4.78 is 59.0. The van der Waals surface area contributed by atoms with Crippen LogP contribution in [-0.2, 0) is 18.6 Å². The summed E-state index contributed by atoms with van der Waals surface area (Å²) in [5.41, 5.74) is -0.389. The molecule has 19 heteroatoms. The van der Waals surface area contributed by atoms with E-state index in [-0.39, 0.29) is 60.7 Å². The van der Waals surface area contributed by atoms with Crippen molar-refractivity contribution in [2.45, 2.75) is 0 Å². The van der Waals surface area contributed by atoms with E-state index in [2.05, 4.69) is 10.2 Å². The number of nitrogens with one attached hydrogen (secondary N) is 2. The third-order valence-corrected chi connectivity index (χ3v) is 8.77. The van der Waals surface area contributed by atoms with Crippen LogP contribution >= 0.6 is 15.5 Å². The Kier molecular flexibility index (Phi) is 12.5. The highest BCUT2D eigenvalue weighted by Crippen LogP contribution is 2.46. The lowest BCUT2D eigenvalue weighted by Crippen LogP contribution is -2.26. The number of rotatable bonds is 18. The van der Waals surface area contributed by atoms with Gasteiger partial charge in [-0.2, -0.15) is 10.2 Å². The van der Waals surface area contributed by atoms with Crippen molar-refractivity contribution in [1.82, 2.24) is 10.2 Å². The molecule has 0 aliphatic heterocycles.